The lowest BCUT2D eigenvalue weighted by atomic mass is 10.3. The molecule has 52 valence electrons. The molecule has 1 saturated heterocycles. The van der Waals surface area contributed by atoms with Gasteiger partial charge in [-0.25, -0.2) is 4.79 Å². The quantitative estimate of drug-likeness (QED) is 0.530. The summed E-state index contributed by atoms with van der Waals surface area (Å²) in [6.45, 7) is 0.886. The Morgan fingerprint density at radius 2 is 2.56 bits per heavy atom. The van der Waals surface area contributed by atoms with Crippen molar-refractivity contribution in [1.29, 1.82) is 0 Å². The zero-order valence-corrected chi connectivity index (χ0v) is 5.00. The SMILES string of the molecule is NCC[C@@H]1COC(=O)O1. The van der Waals surface area contributed by atoms with Crippen molar-refractivity contribution in [1.82, 2.24) is 0 Å². The van der Waals surface area contributed by atoms with Gasteiger partial charge in [-0.05, 0) is 6.54 Å². The molecule has 0 bridgehead atoms. The monoisotopic (exact) mass is 131 g/mol. The average Bonchev–Trinajstić information content (AvgIpc) is 2.17. The van der Waals surface area contributed by atoms with Gasteiger partial charge in [-0.15, -0.1) is 0 Å². The number of cyclic esters (lactones) is 2. The van der Waals surface area contributed by atoms with Gasteiger partial charge in [0.05, 0.1) is 0 Å². The second-order valence-corrected chi connectivity index (χ2v) is 1.88. The largest absolute Gasteiger partial charge is 0.508 e. The molecule has 9 heavy (non-hydrogen) atoms. The van der Waals surface area contributed by atoms with Crippen molar-refractivity contribution in [2.24, 2.45) is 5.73 Å². The lowest BCUT2D eigenvalue weighted by Gasteiger charge is -2.00. The van der Waals surface area contributed by atoms with E-state index in [1.807, 2.05) is 0 Å². The Balaban J connectivity index is 2.22. The highest BCUT2D eigenvalue weighted by molar-refractivity contribution is 5.61. The van der Waals surface area contributed by atoms with Crippen LogP contribution in [0.25, 0.3) is 0 Å². The summed E-state index contributed by atoms with van der Waals surface area (Å²) < 4.78 is 9.16. The van der Waals surface area contributed by atoms with Crippen LogP contribution in [0.2, 0.25) is 0 Å². The van der Waals surface area contributed by atoms with Crippen molar-refractivity contribution in [2.75, 3.05) is 13.2 Å². The molecule has 1 atom stereocenters. The molecular weight excluding hydrogens is 122 g/mol. The molecule has 0 radical (unpaired) electrons. The van der Waals surface area contributed by atoms with E-state index >= 15 is 0 Å². The first-order chi connectivity index (χ1) is 4.33. The molecule has 0 aromatic carbocycles. The Bertz CT molecular complexity index is 115. The molecule has 0 unspecified atom stereocenters. The van der Waals surface area contributed by atoms with E-state index in [1.165, 1.54) is 0 Å². The lowest BCUT2D eigenvalue weighted by Crippen LogP contribution is -2.15. The van der Waals surface area contributed by atoms with Crippen molar-refractivity contribution < 1.29 is 14.3 Å². The van der Waals surface area contributed by atoms with E-state index in [0.29, 0.717) is 19.6 Å². The number of hydrogen-bond donors (Lipinski definition) is 1. The van der Waals surface area contributed by atoms with Gasteiger partial charge >= 0.3 is 6.16 Å². The zero-order valence-electron chi connectivity index (χ0n) is 5.00. The van der Waals surface area contributed by atoms with Gasteiger partial charge in [0, 0.05) is 6.42 Å². The van der Waals surface area contributed by atoms with Crippen LogP contribution in [0.3, 0.4) is 0 Å². The molecule has 4 nitrogen and oxygen atoms in total. The standard InChI is InChI=1S/C5H9NO3/c6-2-1-4-3-8-5(7)9-4/h4H,1-3,6H2/t4-/m1/s1. The van der Waals surface area contributed by atoms with Crippen LogP contribution in [0.1, 0.15) is 6.42 Å². The summed E-state index contributed by atoms with van der Waals surface area (Å²) in [6, 6.07) is 0. The molecule has 1 aliphatic heterocycles. The van der Waals surface area contributed by atoms with Crippen LogP contribution in [-0.2, 0) is 9.47 Å². The van der Waals surface area contributed by atoms with Gasteiger partial charge in [0.1, 0.15) is 12.7 Å². The van der Waals surface area contributed by atoms with Gasteiger partial charge in [-0.1, -0.05) is 0 Å². The van der Waals surface area contributed by atoms with Gasteiger partial charge in [-0.2, -0.15) is 0 Å². The Hall–Kier alpha value is -0.770. The summed E-state index contributed by atoms with van der Waals surface area (Å²) in [5.74, 6) is 0. The highest BCUT2D eigenvalue weighted by atomic mass is 16.8. The van der Waals surface area contributed by atoms with Gasteiger partial charge < -0.3 is 15.2 Å². The molecule has 0 spiro atoms. The molecule has 0 amide bonds. The van der Waals surface area contributed by atoms with E-state index in [9.17, 15) is 4.79 Å². The van der Waals surface area contributed by atoms with Gasteiger partial charge in [0.15, 0.2) is 0 Å². The summed E-state index contributed by atoms with van der Waals surface area (Å²) in [4.78, 5) is 10.2. The average molecular weight is 131 g/mol. The minimum Gasteiger partial charge on any atom is -0.430 e. The van der Waals surface area contributed by atoms with E-state index in [2.05, 4.69) is 9.47 Å². The second-order valence-electron chi connectivity index (χ2n) is 1.88. The Morgan fingerprint density at radius 3 is 3.00 bits per heavy atom. The number of carbonyl (C=O) groups excluding carboxylic acids is 1. The van der Waals surface area contributed by atoms with E-state index in [4.69, 9.17) is 5.73 Å². The highest BCUT2D eigenvalue weighted by Crippen LogP contribution is 2.07. The van der Waals surface area contributed by atoms with Gasteiger partial charge in [0.2, 0.25) is 0 Å². The summed E-state index contributed by atoms with van der Waals surface area (Å²) >= 11 is 0. The third-order valence-corrected chi connectivity index (χ3v) is 1.14. The van der Waals surface area contributed by atoms with Crippen LogP contribution < -0.4 is 5.73 Å². The van der Waals surface area contributed by atoms with Crippen molar-refractivity contribution >= 4 is 6.16 Å². The first kappa shape index (κ1) is 6.35. The van der Waals surface area contributed by atoms with E-state index in [-0.39, 0.29) is 6.10 Å². The van der Waals surface area contributed by atoms with Crippen LogP contribution in [0.15, 0.2) is 0 Å². The van der Waals surface area contributed by atoms with Crippen molar-refractivity contribution in [3.8, 4) is 0 Å². The maximum absolute atomic E-state index is 10.2. The normalized spacial score (nSPS) is 25.4. The topological polar surface area (TPSA) is 61.5 Å². The number of carbonyl (C=O) groups is 1. The smallest absolute Gasteiger partial charge is 0.430 e. The van der Waals surface area contributed by atoms with E-state index < -0.39 is 6.16 Å². The molecule has 1 aliphatic rings. The molecule has 0 aliphatic carbocycles. The Labute approximate surface area is 52.9 Å². The Kier molecular flexibility index (Phi) is 1.89. The maximum atomic E-state index is 10.2. The van der Waals surface area contributed by atoms with Crippen molar-refractivity contribution in [3.05, 3.63) is 0 Å². The maximum Gasteiger partial charge on any atom is 0.508 e. The van der Waals surface area contributed by atoms with Gasteiger partial charge in [-0.3, -0.25) is 0 Å². The third kappa shape index (κ3) is 1.57. The summed E-state index contributed by atoms with van der Waals surface area (Å²) in [5.41, 5.74) is 5.21. The predicted octanol–water partition coefficient (Wildman–Crippen LogP) is -0.129. The Morgan fingerprint density at radius 1 is 1.78 bits per heavy atom. The minimum atomic E-state index is -0.576. The molecule has 1 rings (SSSR count). The summed E-state index contributed by atoms with van der Waals surface area (Å²) in [6.07, 6.45) is 0.00194. The predicted molar refractivity (Wildman–Crippen MR) is 29.9 cm³/mol. The van der Waals surface area contributed by atoms with Crippen LogP contribution in [0, 0.1) is 0 Å². The lowest BCUT2D eigenvalue weighted by molar-refractivity contribution is 0.117. The van der Waals surface area contributed by atoms with Crippen molar-refractivity contribution in [3.63, 3.8) is 0 Å². The van der Waals surface area contributed by atoms with Crippen LogP contribution in [-0.4, -0.2) is 25.4 Å². The second kappa shape index (κ2) is 2.68. The first-order valence-corrected chi connectivity index (χ1v) is 2.86. The van der Waals surface area contributed by atoms with E-state index in [1.54, 1.807) is 0 Å². The fourth-order valence-electron chi connectivity index (χ4n) is 0.693. The molecule has 0 saturated carbocycles. The molecule has 0 aromatic rings. The van der Waals surface area contributed by atoms with Crippen LogP contribution in [0.5, 0.6) is 0 Å². The first-order valence-electron chi connectivity index (χ1n) is 2.86. The van der Waals surface area contributed by atoms with Crippen LogP contribution in [0.4, 0.5) is 4.79 Å². The minimum absolute atomic E-state index is 0.109. The van der Waals surface area contributed by atoms with E-state index in [0.717, 1.165) is 0 Å². The summed E-state index contributed by atoms with van der Waals surface area (Å²) in [7, 11) is 0. The third-order valence-electron chi connectivity index (χ3n) is 1.14. The number of rotatable bonds is 2. The molecule has 0 aromatic heterocycles. The molecular formula is C5H9NO3. The molecule has 4 heteroatoms. The van der Waals surface area contributed by atoms with Crippen molar-refractivity contribution in [2.45, 2.75) is 12.5 Å². The van der Waals surface area contributed by atoms with Gasteiger partial charge in [0.25, 0.3) is 0 Å². The number of hydrogen-bond acceptors (Lipinski definition) is 4. The highest BCUT2D eigenvalue weighted by Gasteiger charge is 2.23. The number of nitrogens with two attached hydrogens (primary N) is 1. The fourth-order valence-corrected chi connectivity index (χ4v) is 0.693. The van der Waals surface area contributed by atoms with Crippen LogP contribution >= 0.6 is 0 Å². The summed E-state index contributed by atoms with van der Waals surface area (Å²) in [5, 5.41) is 0. The number of ether oxygens (including phenoxy) is 2. The molecule has 2 N–H and O–H groups in total. The fraction of sp³-hybridized carbons (Fsp3) is 0.800. The zero-order chi connectivity index (χ0) is 6.69. The molecule has 1 heterocycles. The molecule has 1 fully saturated rings.